The summed E-state index contributed by atoms with van der Waals surface area (Å²) in [7, 11) is 1.25. The summed E-state index contributed by atoms with van der Waals surface area (Å²) in [4.78, 5) is 26.5. The van der Waals surface area contributed by atoms with E-state index in [9.17, 15) is 9.59 Å². The Kier molecular flexibility index (Phi) is 5.65. The predicted molar refractivity (Wildman–Crippen MR) is 105 cm³/mol. The van der Waals surface area contributed by atoms with Crippen molar-refractivity contribution in [1.82, 2.24) is 10.2 Å². The molecule has 0 saturated heterocycles. The maximum Gasteiger partial charge on any atom is 0.356 e. The molecular formula is C20H19ClN4O3. The highest BCUT2D eigenvalue weighted by Crippen LogP contribution is 2.28. The third kappa shape index (κ3) is 4.15. The number of nitrogens with zero attached hydrogens (tertiary/aromatic N) is 1. The zero-order valence-corrected chi connectivity index (χ0v) is 15.9. The molecule has 0 bridgehead atoms. The summed E-state index contributed by atoms with van der Waals surface area (Å²) >= 11 is 5.96. The lowest BCUT2D eigenvalue weighted by molar-refractivity contribution is -0.139. The van der Waals surface area contributed by atoms with Crippen molar-refractivity contribution in [3.8, 4) is 0 Å². The van der Waals surface area contributed by atoms with Crippen molar-refractivity contribution in [3.63, 3.8) is 0 Å². The van der Waals surface area contributed by atoms with Crippen LogP contribution in [-0.2, 0) is 20.9 Å². The number of nitrogens with two attached hydrogens (primary N) is 1. The topological polar surface area (TPSA) is 109 Å². The van der Waals surface area contributed by atoms with Crippen LogP contribution in [0.2, 0.25) is 5.02 Å². The Hall–Kier alpha value is -3.32. The summed E-state index contributed by atoms with van der Waals surface area (Å²) in [5, 5.41) is 10.8. The smallest absolute Gasteiger partial charge is 0.356 e. The summed E-state index contributed by atoms with van der Waals surface area (Å²) in [6.45, 7) is 0.322. The van der Waals surface area contributed by atoms with Crippen molar-refractivity contribution in [2.24, 2.45) is 5.73 Å². The number of esters is 1. The maximum atomic E-state index is 12.8. The molecule has 0 spiro atoms. The number of amides is 1. The van der Waals surface area contributed by atoms with Gasteiger partial charge in [0.1, 0.15) is 17.6 Å². The van der Waals surface area contributed by atoms with E-state index in [0.717, 1.165) is 11.1 Å². The van der Waals surface area contributed by atoms with Gasteiger partial charge in [0.25, 0.3) is 5.91 Å². The molecule has 0 fully saturated rings. The molecule has 0 radical (unpaired) electrons. The number of hydrogen-bond donors (Lipinski definition) is 3. The van der Waals surface area contributed by atoms with Crippen LogP contribution < -0.4 is 11.1 Å². The minimum absolute atomic E-state index is 0.0433. The lowest BCUT2D eigenvalue weighted by atomic mass is 10.0. The van der Waals surface area contributed by atoms with Gasteiger partial charge in [-0.25, -0.2) is 4.79 Å². The van der Waals surface area contributed by atoms with Gasteiger partial charge in [-0.05, 0) is 29.3 Å². The number of nitrogen functional groups attached to an aromatic ring is 1. The van der Waals surface area contributed by atoms with Gasteiger partial charge in [-0.1, -0.05) is 41.9 Å². The summed E-state index contributed by atoms with van der Waals surface area (Å²) in [6.07, 6.45) is 1.56. The first kappa shape index (κ1) is 19.4. The molecule has 1 amide bonds. The Morgan fingerprint density at radius 2 is 2.00 bits per heavy atom. The second-order valence-electron chi connectivity index (χ2n) is 6.26. The molecule has 2 aromatic carbocycles. The van der Waals surface area contributed by atoms with Gasteiger partial charge in [-0.15, -0.1) is 0 Å². The van der Waals surface area contributed by atoms with Crippen LogP contribution in [0.25, 0.3) is 0 Å². The maximum absolute atomic E-state index is 12.8. The second kappa shape index (κ2) is 8.14. The van der Waals surface area contributed by atoms with Gasteiger partial charge < -0.3 is 20.7 Å². The van der Waals surface area contributed by atoms with Crippen molar-refractivity contribution >= 4 is 29.3 Å². The SMILES string of the molecule is COC(=O)C1=CN(Cc2cccc(C(=N)N)c2)C(c2ccc(Cl)cc2)C(=O)N1. The lowest BCUT2D eigenvalue weighted by Gasteiger charge is -2.34. The van der Waals surface area contributed by atoms with Gasteiger partial charge in [-0.3, -0.25) is 10.2 Å². The summed E-state index contributed by atoms with van der Waals surface area (Å²) in [6, 6.07) is 13.5. The normalized spacial score (nSPS) is 16.2. The van der Waals surface area contributed by atoms with Crippen LogP contribution in [0.3, 0.4) is 0 Å². The molecule has 1 heterocycles. The Morgan fingerprint density at radius 1 is 1.29 bits per heavy atom. The van der Waals surface area contributed by atoms with E-state index in [1.165, 1.54) is 7.11 Å². The van der Waals surface area contributed by atoms with Gasteiger partial charge in [0.05, 0.1) is 7.11 Å². The molecule has 1 unspecified atom stereocenters. The number of benzene rings is 2. The number of ether oxygens (including phenoxy) is 1. The number of nitrogens with one attached hydrogen (secondary N) is 2. The molecule has 8 heteroatoms. The van der Waals surface area contributed by atoms with E-state index in [1.54, 1.807) is 53.6 Å². The molecule has 0 aromatic heterocycles. The van der Waals surface area contributed by atoms with Gasteiger partial charge in [-0.2, -0.15) is 0 Å². The molecule has 1 aliphatic heterocycles. The highest BCUT2D eigenvalue weighted by Gasteiger charge is 2.33. The largest absolute Gasteiger partial charge is 0.464 e. The molecule has 0 saturated carbocycles. The number of amidine groups is 1. The molecule has 2 aromatic rings. The number of carbonyl (C=O) groups excluding carboxylic acids is 2. The molecule has 1 aliphatic rings. The standard InChI is InChI=1S/C20H19ClN4O3/c1-28-20(27)16-11-25(10-12-3-2-4-14(9-12)18(22)23)17(19(26)24-16)13-5-7-15(21)8-6-13/h2-9,11,17H,10H2,1H3,(H3,22,23)(H,24,26). The third-order valence-corrected chi connectivity index (χ3v) is 4.58. The van der Waals surface area contributed by atoms with Crippen LogP contribution in [0.4, 0.5) is 0 Å². The average molecular weight is 399 g/mol. The Morgan fingerprint density at radius 3 is 2.64 bits per heavy atom. The molecular weight excluding hydrogens is 380 g/mol. The van der Waals surface area contributed by atoms with Crippen LogP contribution in [-0.4, -0.2) is 29.7 Å². The Balaban J connectivity index is 2.00. The van der Waals surface area contributed by atoms with Crippen LogP contribution in [0.5, 0.6) is 0 Å². The van der Waals surface area contributed by atoms with Crippen molar-refractivity contribution in [2.75, 3.05) is 7.11 Å². The van der Waals surface area contributed by atoms with Crippen molar-refractivity contribution in [2.45, 2.75) is 12.6 Å². The van der Waals surface area contributed by atoms with Gasteiger partial charge in [0.2, 0.25) is 0 Å². The monoisotopic (exact) mass is 398 g/mol. The van der Waals surface area contributed by atoms with Gasteiger partial charge in [0.15, 0.2) is 0 Å². The first-order chi connectivity index (χ1) is 13.4. The molecule has 1 atom stereocenters. The summed E-state index contributed by atoms with van der Waals surface area (Å²) < 4.78 is 4.73. The zero-order chi connectivity index (χ0) is 20.3. The van der Waals surface area contributed by atoms with Crippen LogP contribution in [0.15, 0.2) is 60.4 Å². The first-order valence-electron chi connectivity index (χ1n) is 8.44. The van der Waals surface area contributed by atoms with E-state index in [1.807, 2.05) is 6.07 Å². The fourth-order valence-electron chi connectivity index (χ4n) is 3.01. The number of methoxy groups -OCH3 is 1. The lowest BCUT2D eigenvalue weighted by Crippen LogP contribution is -2.44. The number of halogens is 1. The van der Waals surface area contributed by atoms with E-state index < -0.39 is 12.0 Å². The van der Waals surface area contributed by atoms with E-state index in [-0.39, 0.29) is 17.4 Å². The minimum atomic E-state index is -0.661. The number of hydrogen-bond acceptors (Lipinski definition) is 5. The first-order valence-corrected chi connectivity index (χ1v) is 8.82. The molecule has 3 rings (SSSR count). The minimum Gasteiger partial charge on any atom is -0.464 e. The van der Waals surface area contributed by atoms with Crippen molar-refractivity contribution in [3.05, 3.63) is 82.1 Å². The second-order valence-corrected chi connectivity index (χ2v) is 6.70. The fraction of sp³-hybridized carbons (Fsp3) is 0.150. The molecule has 4 N–H and O–H groups in total. The van der Waals surface area contributed by atoms with Crippen LogP contribution >= 0.6 is 11.6 Å². The molecule has 144 valence electrons. The van der Waals surface area contributed by atoms with Gasteiger partial charge in [0, 0.05) is 23.3 Å². The van der Waals surface area contributed by atoms with Gasteiger partial charge >= 0.3 is 5.97 Å². The van der Waals surface area contributed by atoms with E-state index in [4.69, 9.17) is 27.5 Å². The van der Waals surface area contributed by atoms with E-state index in [2.05, 4.69) is 5.32 Å². The van der Waals surface area contributed by atoms with Crippen LogP contribution in [0.1, 0.15) is 22.7 Å². The Labute approximate surface area is 167 Å². The zero-order valence-electron chi connectivity index (χ0n) is 15.1. The Bertz CT molecular complexity index is 956. The third-order valence-electron chi connectivity index (χ3n) is 4.33. The number of rotatable bonds is 5. The highest BCUT2D eigenvalue weighted by atomic mass is 35.5. The van der Waals surface area contributed by atoms with E-state index in [0.29, 0.717) is 17.1 Å². The summed E-state index contributed by atoms with van der Waals surface area (Å²) in [5.74, 6) is -1.03. The van der Waals surface area contributed by atoms with Crippen molar-refractivity contribution in [1.29, 1.82) is 5.41 Å². The molecule has 0 aliphatic carbocycles. The molecule has 7 nitrogen and oxygen atoms in total. The highest BCUT2D eigenvalue weighted by molar-refractivity contribution is 6.30. The fourth-order valence-corrected chi connectivity index (χ4v) is 3.14. The van der Waals surface area contributed by atoms with Crippen molar-refractivity contribution < 1.29 is 14.3 Å². The predicted octanol–water partition coefficient (Wildman–Crippen LogP) is 2.31. The number of carbonyl (C=O) groups is 2. The molecule has 28 heavy (non-hydrogen) atoms. The van der Waals surface area contributed by atoms with Crippen LogP contribution in [0, 0.1) is 5.41 Å². The summed E-state index contributed by atoms with van der Waals surface area (Å²) in [5.41, 5.74) is 7.77. The quantitative estimate of drug-likeness (QED) is 0.407. The van der Waals surface area contributed by atoms with E-state index >= 15 is 0 Å². The average Bonchev–Trinajstić information content (AvgIpc) is 2.68.